The number of nitrogens with one attached hydrogen (secondary N) is 1. The molecule has 1 fully saturated rings. The fourth-order valence-corrected chi connectivity index (χ4v) is 2.63. The van der Waals surface area contributed by atoms with Gasteiger partial charge < -0.3 is 19.5 Å². The van der Waals surface area contributed by atoms with E-state index in [-0.39, 0.29) is 5.60 Å². The van der Waals surface area contributed by atoms with Crippen LogP contribution < -0.4 is 10.1 Å². The molecule has 2 heterocycles. The molecule has 1 aliphatic rings. The molecule has 0 spiro atoms. The van der Waals surface area contributed by atoms with Gasteiger partial charge in [0.15, 0.2) is 0 Å². The summed E-state index contributed by atoms with van der Waals surface area (Å²) in [7, 11) is 3.40. The van der Waals surface area contributed by atoms with Crippen LogP contribution in [0.3, 0.4) is 0 Å². The second kappa shape index (κ2) is 5.87. The minimum Gasteiger partial charge on any atom is -0.497 e. The first-order chi connectivity index (χ1) is 10.3. The van der Waals surface area contributed by atoms with Gasteiger partial charge in [-0.25, -0.2) is 4.98 Å². The molecule has 1 aromatic heterocycles. The smallest absolute Gasteiger partial charge is 0.133 e. The molecule has 5 heteroatoms. The van der Waals surface area contributed by atoms with Crippen LogP contribution >= 0.6 is 0 Å². The maximum Gasteiger partial charge on any atom is 0.133 e. The summed E-state index contributed by atoms with van der Waals surface area (Å²) in [4.78, 5) is 4.44. The number of aromatic nitrogens is 1. The van der Waals surface area contributed by atoms with E-state index in [1.807, 2.05) is 24.3 Å². The predicted octanol–water partition coefficient (Wildman–Crippen LogP) is 2.46. The molecule has 0 radical (unpaired) electrons. The first kappa shape index (κ1) is 14.1. The van der Waals surface area contributed by atoms with Crippen molar-refractivity contribution in [2.45, 2.75) is 12.0 Å². The number of nitrogens with zero attached hydrogens (tertiary/aromatic N) is 1. The number of rotatable bonds is 5. The standard InChI is InChI=1S/C16H20N2O3/c1-19-13-3-4-14-12(9-13)5-7-17-15(14)18-10-16(20-2)6-8-21-11-16/h3-5,7,9H,6,8,10-11H2,1-2H3,(H,17,18). The molecule has 2 aromatic rings. The molecular weight excluding hydrogens is 268 g/mol. The van der Waals surface area contributed by atoms with E-state index >= 15 is 0 Å². The number of benzene rings is 1. The highest BCUT2D eigenvalue weighted by atomic mass is 16.5. The predicted molar refractivity (Wildman–Crippen MR) is 82.0 cm³/mol. The largest absolute Gasteiger partial charge is 0.497 e. The van der Waals surface area contributed by atoms with E-state index in [4.69, 9.17) is 14.2 Å². The van der Waals surface area contributed by atoms with E-state index in [0.29, 0.717) is 13.2 Å². The van der Waals surface area contributed by atoms with Crippen LogP contribution in [-0.4, -0.2) is 44.6 Å². The monoisotopic (exact) mass is 288 g/mol. The Kier molecular flexibility index (Phi) is 3.94. The van der Waals surface area contributed by atoms with Gasteiger partial charge in [-0.1, -0.05) is 0 Å². The Hall–Kier alpha value is -1.85. The summed E-state index contributed by atoms with van der Waals surface area (Å²) in [6.45, 7) is 2.05. The van der Waals surface area contributed by atoms with Gasteiger partial charge in [0.25, 0.3) is 0 Å². The third-order valence-electron chi connectivity index (χ3n) is 4.05. The molecule has 1 saturated heterocycles. The van der Waals surface area contributed by atoms with Crippen LogP contribution in [0.1, 0.15) is 6.42 Å². The van der Waals surface area contributed by atoms with Crippen LogP contribution in [0.15, 0.2) is 30.5 Å². The number of hydrogen-bond donors (Lipinski definition) is 1. The van der Waals surface area contributed by atoms with Crippen LogP contribution in [0.5, 0.6) is 5.75 Å². The lowest BCUT2D eigenvalue weighted by molar-refractivity contribution is -0.00623. The van der Waals surface area contributed by atoms with Crippen molar-refractivity contribution in [1.82, 2.24) is 4.98 Å². The van der Waals surface area contributed by atoms with Gasteiger partial charge in [0.05, 0.1) is 13.7 Å². The molecular formula is C16H20N2O3. The van der Waals surface area contributed by atoms with Gasteiger partial charge in [0, 0.05) is 38.3 Å². The number of hydrogen-bond acceptors (Lipinski definition) is 5. The number of anilines is 1. The van der Waals surface area contributed by atoms with Crippen molar-refractivity contribution in [3.8, 4) is 5.75 Å². The van der Waals surface area contributed by atoms with Crippen molar-refractivity contribution in [3.63, 3.8) is 0 Å². The number of pyridine rings is 1. The quantitative estimate of drug-likeness (QED) is 0.916. The van der Waals surface area contributed by atoms with Gasteiger partial charge in [-0.2, -0.15) is 0 Å². The van der Waals surface area contributed by atoms with Gasteiger partial charge in [-0.3, -0.25) is 0 Å². The second-order valence-electron chi connectivity index (χ2n) is 5.29. The van der Waals surface area contributed by atoms with Crippen molar-refractivity contribution < 1.29 is 14.2 Å². The van der Waals surface area contributed by atoms with Crippen LogP contribution in [0.2, 0.25) is 0 Å². The second-order valence-corrected chi connectivity index (χ2v) is 5.29. The van der Waals surface area contributed by atoms with Crippen molar-refractivity contribution >= 4 is 16.6 Å². The van der Waals surface area contributed by atoms with Crippen LogP contribution in [0, 0.1) is 0 Å². The zero-order valence-electron chi connectivity index (χ0n) is 12.4. The molecule has 1 aliphatic heterocycles. The lowest BCUT2D eigenvalue weighted by Gasteiger charge is -2.26. The summed E-state index contributed by atoms with van der Waals surface area (Å²) in [5.74, 6) is 1.70. The molecule has 1 atom stereocenters. The molecule has 3 rings (SSSR count). The lowest BCUT2D eigenvalue weighted by atomic mass is 10.0. The third kappa shape index (κ3) is 2.80. The summed E-state index contributed by atoms with van der Waals surface area (Å²) < 4.78 is 16.3. The summed E-state index contributed by atoms with van der Waals surface area (Å²) in [5.41, 5.74) is -0.254. The van der Waals surface area contributed by atoms with E-state index in [1.165, 1.54) is 0 Å². The zero-order chi connectivity index (χ0) is 14.7. The topological polar surface area (TPSA) is 52.6 Å². The summed E-state index contributed by atoms with van der Waals surface area (Å²) in [6, 6.07) is 7.95. The molecule has 112 valence electrons. The molecule has 0 bridgehead atoms. The Morgan fingerprint density at radius 1 is 1.33 bits per heavy atom. The fraction of sp³-hybridized carbons (Fsp3) is 0.438. The van der Waals surface area contributed by atoms with Gasteiger partial charge >= 0.3 is 0 Å². The minimum absolute atomic E-state index is 0.254. The van der Waals surface area contributed by atoms with Crippen LogP contribution in [-0.2, 0) is 9.47 Å². The van der Waals surface area contributed by atoms with Gasteiger partial charge in [0.2, 0.25) is 0 Å². The average Bonchev–Trinajstić information content (AvgIpc) is 3.01. The molecule has 0 amide bonds. The van der Waals surface area contributed by atoms with Gasteiger partial charge in [0.1, 0.15) is 17.2 Å². The SMILES string of the molecule is COc1ccc2c(NCC3(OC)CCOC3)nccc2c1. The Morgan fingerprint density at radius 3 is 2.95 bits per heavy atom. The van der Waals surface area contributed by atoms with Gasteiger partial charge in [-0.05, 0) is 29.7 Å². The number of ether oxygens (including phenoxy) is 3. The molecule has 1 N–H and O–H groups in total. The van der Waals surface area contributed by atoms with E-state index in [1.54, 1.807) is 20.4 Å². The summed E-state index contributed by atoms with van der Waals surface area (Å²) in [6.07, 6.45) is 2.70. The van der Waals surface area contributed by atoms with E-state index in [2.05, 4.69) is 10.3 Å². The van der Waals surface area contributed by atoms with E-state index < -0.39 is 0 Å². The first-order valence-electron chi connectivity index (χ1n) is 7.06. The van der Waals surface area contributed by atoms with Crippen LogP contribution in [0.25, 0.3) is 10.8 Å². The normalized spacial score (nSPS) is 21.6. The molecule has 5 nitrogen and oxygen atoms in total. The van der Waals surface area contributed by atoms with Crippen molar-refractivity contribution in [2.24, 2.45) is 0 Å². The van der Waals surface area contributed by atoms with Crippen LogP contribution in [0.4, 0.5) is 5.82 Å². The average molecular weight is 288 g/mol. The number of fused-ring (bicyclic) bond motifs is 1. The van der Waals surface area contributed by atoms with Gasteiger partial charge in [-0.15, -0.1) is 0 Å². The van der Waals surface area contributed by atoms with E-state index in [9.17, 15) is 0 Å². The maximum atomic E-state index is 5.63. The molecule has 1 unspecified atom stereocenters. The Balaban J connectivity index is 1.83. The molecule has 0 saturated carbocycles. The first-order valence-corrected chi connectivity index (χ1v) is 7.06. The minimum atomic E-state index is -0.254. The maximum absolute atomic E-state index is 5.63. The number of methoxy groups -OCH3 is 2. The Morgan fingerprint density at radius 2 is 2.24 bits per heavy atom. The van der Waals surface area contributed by atoms with Crippen molar-refractivity contribution in [2.75, 3.05) is 39.3 Å². The Bertz CT molecular complexity index is 624. The molecule has 0 aliphatic carbocycles. The highest BCUT2D eigenvalue weighted by Gasteiger charge is 2.34. The fourth-order valence-electron chi connectivity index (χ4n) is 2.63. The third-order valence-corrected chi connectivity index (χ3v) is 4.05. The van der Waals surface area contributed by atoms with Crippen molar-refractivity contribution in [1.29, 1.82) is 0 Å². The highest BCUT2D eigenvalue weighted by Crippen LogP contribution is 2.27. The summed E-state index contributed by atoms with van der Waals surface area (Å²) in [5, 5.41) is 5.57. The zero-order valence-corrected chi connectivity index (χ0v) is 12.4. The molecule has 1 aromatic carbocycles. The van der Waals surface area contributed by atoms with E-state index in [0.717, 1.165) is 35.4 Å². The highest BCUT2D eigenvalue weighted by molar-refractivity contribution is 5.92. The lowest BCUT2D eigenvalue weighted by Crippen LogP contribution is -2.39. The van der Waals surface area contributed by atoms with Crippen molar-refractivity contribution in [3.05, 3.63) is 30.5 Å². The Labute approximate surface area is 124 Å². The molecule has 21 heavy (non-hydrogen) atoms. The summed E-state index contributed by atoms with van der Waals surface area (Å²) >= 11 is 0.